The van der Waals surface area contributed by atoms with Crippen molar-refractivity contribution in [2.75, 3.05) is 13.2 Å². The topological polar surface area (TPSA) is 88.3 Å². The zero-order chi connectivity index (χ0) is 18.2. The van der Waals surface area contributed by atoms with Gasteiger partial charge >= 0.3 is 5.97 Å². The average Bonchev–Trinajstić information content (AvgIpc) is 2.98. The first-order valence-electron chi connectivity index (χ1n) is 8.51. The Kier molecular flexibility index (Phi) is 6.74. The average molecular weight is 344 g/mol. The van der Waals surface area contributed by atoms with E-state index < -0.39 is 11.9 Å². The van der Waals surface area contributed by atoms with Gasteiger partial charge in [-0.2, -0.15) is 0 Å². The number of rotatable bonds is 9. The maximum absolute atomic E-state index is 12.0. The van der Waals surface area contributed by atoms with E-state index >= 15 is 0 Å². The second-order valence-corrected chi connectivity index (χ2v) is 5.91. The predicted octanol–water partition coefficient (Wildman–Crippen LogP) is 2.38. The Balaban J connectivity index is 1.78. The number of amides is 1. The summed E-state index contributed by atoms with van der Waals surface area (Å²) >= 11 is 0. The number of hydrogen-bond donors (Lipinski definition) is 2. The van der Waals surface area contributed by atoms with Crippen molar-refractivity contribution in [3.63, 3.8) is 0 Å². The lowest BCUT2D eigenvalue weighted by Crippen LogP contribution is -2.29. The molecule has 25 heavy (non-hydrogen) atoms. The minimum atomic E-state index is -0.862. The van der Waals surface area contributed by atoms with Crippen molar-refractivity contribution in [2.45, 2.75) is 33.1 Å². The summed E-state index contributed by atoms with van der Waals surface area (Å²) in [6.07, 6.45) is 2.96. The van der Waals surface area contributed by atoms with Gasteiger partial charge in [-0.1, -0.05) is 18.2 Å². The third-order valence-corrected chi connectivity index (χ3v) is 4.11. The van der Waals surface area contributed by atoms with Crippen LogP contribution in [0.4, 0.5) is 0 Å². The molecular weight excluding hydrogens is 320 g/mol. The molecule has 2 N–H and O–H groups in total. The van der Waals surface area contributed by atoms with Gasteiger partial charge in [-0.25, -0.2) is 0 Å². The monoisotopic (exact) mass is 344 g/mol. The second kappa shape index (κ2) is 9.01. The van der Waals surface area contributed by atoms with Gasteiger partial charge in [0.25, 0.3) is 0 Å². The minimum Gasteiger partial charge on any atom is -0.465 e. The highest BCUT2D eigenvalue weighted by atomic mass is 16.5. The van der Waals surface area contributed by atoms with Crippen LogP contribution in [0.25, 0.3) is 10.9 Å². The molecule has 0 aliphatic heterocycles. The van der Waals surface area contributed by atoms with Crippen LogP contribution in [0.15, 0.2) is 30.5 Å². The fraction of sp³-hybridized carbons (Fsp3) is 0.421. The van der Waals surface area contributed by atoms with Gasteiger partial charge in [0, 0.05) is 30.1 Å². The molecule has 2 aromatic rings. The maximum Gasteiger partial charge on any atom is 0.316 e. The van der Waals surface area contributed by atoms with Crippen LogP contribution in [-0.4, -0.2) is 35.8 Å². The van der Waals surface area contributed by atoms with Gasteiger partial charge in [0.2, 0.25) is 5.91 Å². The van der Waals surface area contributed by atoms with Crippen molar-refractivity contribution in [3.8, 4) is 0 Å². The van der Waals surface area contributed by atoms with Crippen molar-refractivity contribution in [1.82, 2.24) is 10.3 Å². The number of hydrogen-bond acceptors (Lipinski definition) is 4. The maximum atomic E-state index is 12.0. The molecule has 0 aliphatic carbocycles. The molecule has 2 rings (SSSR count). The molecule has 134 valence electrons. The Morgan fingerprint density at radius 3 is 2.72 bits per heavy atom. The van der Waals surface area contributed by atoms with Crippen molar-refractivity contribution >= 4 is 28.6 Å². The van der Waals surface area contributed by atoms with E-state index in [-0.39, 0.29) is 31.1 Å². The number of ketones is 1. The standard InChI is InChI=1S/C19H24N2O4/c1-3-25-19(24)15(13(2)22)8-9-18(23)20-11-10-14-12-21-17-7-5-4-6-16(14)17/h4-7,12,15,21H,3,8-11H2,1-2H3,(H,20,23). The van der Waals surface area contributed by atoms with Gasteiger partial charge in [0.05, 0.1) is 6.61 Å². The van der Waals surface area contributed by atoms with Crippen molar-refractivity contribution in [2.24, 2.45) is 5.92 Å². The normalized spacial score (nSPS) is 11.9. The highest BCUT2D eigenvalue weighted by Crippen LogP contribution is 2.17. The van der Waals surface area contributed by atoms with Crippen LogP contribution in [-0.2, 0) is 25.5 Å². The van der Waals surface area contributed by atoms with Crippen molar-refractivity contribution in [3.05, 3.63) is 36.0 Å². The summed E-state index contributed by atoms with van der Waals surface area (Å²) in [5.74, 6) is -1.86. The van der Waals surface area contributed by atoms with E-state index in [1.165, 1.54) is 6.92 Å². The molecule has 0 spiro atoms. The van der Waals surface area contributed by atoms with Crippen molar-refractivity contribution in [1.29, 1.82) is 0 Å². The fourth-order valence-corrected chi connectivity index (χ4v) is 2.77. The summed E-state index contributed by atoms with van der Waals surface area (Å²) in [6, 6.07) is 8.00. The molecule has 0 bridgehead atoms. The van der Waals surface area contributed by atoms with Gasteiger partial charge < -0.3 is 15.0 Å². The predicted molar refractivity (Wildman–Crippen MR) is 95.1 cm³/mol. The SMILES string of the molecule is CCOC(=O)C(CCC(=O)NCCc1c[nH]c2ccccc12)C(C)=O. The zero-order valence-corrected chi connectivity index (χ0v) is 14.6. The van der Waals surface area contributed by atoms with Gasteiger partial charge in [0.1, 0.15) is 11.7 Å². The molecule has 6 nitrogen and oxygen atoms in total. The molecule has 6 heteroatoms. The number of carbonyl (C=O) groups is 3. The first kappa shape index (κ1) is 18.7. The van der Waals surface area contributed by atoms with Gasteiger partial charge in [-0.15, -0.1) is 0 Å². The molecule has 0 saturated carbocycles. The molecule has 0 aliphatic rings. The number of carbonyl (C=O) groups excluding carboxylic acids is 3. The Bertz CT molecular complexity index is 751. The van der Waals surface area contributed by atoms with Crippen LogP contribution in [0.3, 0.4) is 0 Å². The first-order valence-corrected chi connectivity index (χ1v) is 8.51. The Morgan fingerprint density at radius 1 is 1.24 bits per heavy atom. The van der Waals surface area contributed by atoms with Gasteiger partial charge in [-0.3, -0.25) is 14.4 Å². The van der Waals surface area contributed by atoms with Crippen LogP contribution in [0.5, 0.6) is 0 Å². The van der Waals surface area contributed by atoms with E-state index in [4.69, 9.17) is 4.74 Å². The Labute approximate surface area is 146 Å². The summed E-state index contributed by atoms with van der Waals surface area (Å²) in [5, 5.41) is 3.98. The van der Waals surface area contributed by atoms with E-state index in [1.807, 2.05) is 30.5 Å². The van der Waals surface area contributed by atoms with E-state index in [0.717, 1.165) is 16.5 Å². The van der Waals surface area contributed by atoms with E-state index in [0.29, 0.717) is 13.0 Å². The van der Waals surface area contributed by atoms with E-state index in [1.54, 1.807) is 6.92 Å². The Hall–Kier alpha value is -2.63. The minimum absolute atomic E-state index is 0.122. The Morgan fingerprint density at radius 2 is 2.00 bits per heavy atom. The quantitative estimate of drug-likeness (QED) is 0.540. The number of aromatic nitrogens is 1. The fourth-order valence-electron chi connectivity index (χ4n) is 2.77. The molecule has 0 fully saturated rings. The summed E-state index contributed by atoms with van der Waals surface area (Å²) in [5.41, 5.74) is 2.21. The van der Waals surface area contributed by atoms with Crippen LogP contribution in [0.1, 0.15) is 32.3 Å². The number of benzene rings is 1. The van der Waals surface area contributed by atoms with Crippen LogP contribution >= 0.6 is 0 Å². The largest absolute Gasteiger partial charge is 0.465 e. The number of aromatic amines is 1. The zero-order valence-electron chi connectivity index (χ0n) is 14.6. The molecule has 1 aromatic carbocycles. The number of para-hydroxylation sites is 1. The molecule has 0 radical (unpaired) electrons. The molecule has 0 saturated heterocycles. The smallest absolute Gasteiger partial charge is 0.316 e. The summed E-state index contributed by atoms with van der Waals surface area (Å²) < 4.78 is 4.87. The first-order chi connectivity index (χ1) is 12.0. The van der Waals surface area contributed by atoms with Crippen LogP contribution < -0.4 is 5.32 Å². The molecule has 1 atom stereocenters. The number of nitrogens with one attached hydrogen (secondary N) is 2. The second-order valence-electron chi connectivity index (χ2n) is 5.91. The lowest BCUT2D eigenvalue weighted by Gasteiger charge is -2.12. The molecule has 1 amide bonds. The molecule has 1 unspecified atom stereocenters. The summed E-state index contributed by atoms with van der Waals surface area (Å²) in [4.78, 5) is 38.4. The number of Topliss-reactive ketones (excluding diaryl/α,β-unsaturated/α-hetero) is 1. The lowest BCUT2D eigenvalue weighted by atomic mass is 9.99. The van der Waals surface area contributed by atoms with E-state index in [9.17, 15) is 14.4 Å². The highest BCUT2D eigenvalue weighted by molar-refractivity contribution is 5.98. The molecule has 1 aromatic heterocycles. The van der Waals surface area contributed by atoms with Crippen molar-refractivity contribution < 1.29 is 19.1 Å². The molecule has 1 heterocycles. The third-order valence-electron chi connectivity index (χ3n) is 4.11. The molecular formula is C19H24N2O4. The number of esters is 1. The van der Waals surface area contributed by atoms with Gasteiger partial charge in [0.15, 0.2) is 0 Å². The third kappa shape index (κ3) is 5.17. The van der Waals surface area contributed by atoms with Gasteiger partial charge in [-0.05, 0) is 38.3 Å². The van der Waals surface area contributed by atoms with E-state index in [2.05, 4.69) is 10.3 Å². The van der Waals surface area contributed by atoms with Crippen LogP contribution in [0.2, 0.25) is 0 Å². The highest BCUT2D eigenvalue weighted by Gasteiger charge is 2.25. The number of ether oxygens (including phenoxy) is 1. The number of H-pyrrole nitrogens is 1. The summed E-state index contributed by atoms with van der Waals surface area (Å²) in [7, 11) is 0. The summed E-state index contributed by atoms with van der Waals surface area (Å²) in [6.45, 7) is 3.76. The van der Waals surface area contributed by atoms with Crippen LogP contribution in [0, 0.1) is 5.92 Å². The lowest BCUT2D eigenvalue weighted by molar-refractivity contribution is -0.151. The number of fused-ring (bicyclic) bond motifs is 1.